The molecule has 1 unspecified atom stereocenters. The van der Waals surface area contributed by atoms with Crippen LogP contribution in [-0.4, -0.2) is 0 Å². The minimum absolute atomic E-state index is 0.548. The molecule has 0 saturated carbocycles. The maximum absolute atomic E-state index is 4.81. The molecule has 0 radical (unpaired) electrons. The lowest BCUT2D eigenvalue weighted by atomic mass is 10.7. The van der Waals surface area contributed by atoms with Gasteiger partial charge in [0.15, 0.2) is 24.5 Å². The molecule has 0 aliphatic heterocycles. The fourth-order valence-electron chi connectivity index (χ4n) is 0.323. The third kappa shape index (κ3) is 1.30. The lowest BCUT2D eigenvalue weighted by Gasteiger charge is -1.55. The van der Waals surface area contributed by atoms with Crippen LogP contribution in [0.25, 0.3) is 0 Å². The number of hydrogen-bond donors (Lipinski definition) is 0. The first-order valence-electron chi connectivity index (χ1n) is 1.84. The van der Waals surface area contributed by atoms with E-state index < -0.39 is 0 Å². The first kappa shape index (κ1) is 5.36. The Morgan fingerprint density at radius 3 is 2.86 bits per heavy atom. The summed E-state index contributed by atoms with van der Waals surface area (Å²) in [6.07, 6.45) is 0. The number of thiophene rings is 1. The second-order valence-corrected chi connectivity index (χ2v) is 3.29. The summed E-state index contributed by atoms with van der Waals surface area (Å²) in [5.74, 6) is 0. The van der Waals surface area contributed by atoms with E-state index in [1.165, 1.54) is 5.30 Å². The van der Waals surface area contributed by atoms with Crippen molar-refractivity contribution in [1.29, 1.82) is 0 Å². The second kappa shape index (κ2) is 2.51. The van der Waals surface area contributed by atoms with Crippen LogP contribution in [0.2, 0.25) is 0 Å². The third-order valence-corrected chi connectivity index (χ3v) is 2.79. The average molecular weight is 147 g/mol. The molecule has 0 nitrogen and oxygen atoms in total. The first-order valence-corrected chi connectivity index (χ1v) is 4.91. The van der Waals surface area contributed by atoms with E-state index in [2.05, 4.69) is 16.8 Å². The van der Waals surface area contributed by atoms with Crippen LogP contribution < -0.4 is 5.30 Å². The Morgan fingerprint density at radius 1 is 1.71 bits per heavy atom. The van der Waals surface area contributed by atoms with Gasteiger partial charge in [0, 0.05) is 5.38 Å². The maximum Gasteiger partial charge on any atom is 0.199 e. The molecule has 0 aromatic carbocycles. The lowest BCUT2D eigenvalue weighted by Crippen LogP contribution is -1.76. The van der Waals surface area contributed by atoms with Crippen molar-refractivity contribution in [2.75, 3.05) is 0 Å². The van der Waals surface area contributed by atoms with Gasteiger partial charge in [0.2, 0.25) is 0 Å². The molecule has 0 spiro atoms. The zero-order chi connectivity index (χ0) is 5.11. The van der Waals surface area contributed by atoms with Gasteiger partial charge in [-0.15, -0.1) is 11.3 Å². The molecule has 1 rings (SSSR count). The van der Waals surface area contributed by atoms with Crippen molar-refractivity contribution in [1.82, 2.24) is 0 Å². The molecule has 1 atom stereocenters. The highest BCUT2D eigenvalue weighted by atomic mass is 32.4. The Labute approximate surface area is 53.0 Å². The summed E-state index contributed by atoms with van der Waals surface area (Å²) in [6.45, 7) is 0. The van der Waals surface area contributed by atoms with Gasteiger partial charge in [0.05, 0.1) is 0 Å². The Morgan fingerprint density at radius 2 is 2.57 bits per heavy atom. The van der Waals surface area contributed by atoms with Gasteiger partial charge in [0.25, 0.3) is 0 Å². The van der Waals surface area contributed by atoms with Gasteiger partial charge in [-0.05, 0) is 11.4 Å². The van der Waals surface area contributed by atoms with Crippen molar-refractivity contribution >= 4 is 35.8 Å². The highest BCUT2D eigenvalue weighted by Crippen LogP contribution is 1.99. The van der Waals surface area contributed by atoms with E-state index in [-0.39, 0.29) is 0 Å². The minimum atomic E-state index is 0.548. The normalized spacial score (nSPS) is 9.71. The average Bonchev–Trinajstić information content (AvgIpc) is 2.14. The van der Waals surface area contributed by atoms with Crippen LogP contribution >= 0.6 is 18.7 Å². The molecule has 1 aromatic heterocycles. The van der Waals surface area contributed by atoms with Gasteiger partial charge in [-0.3, -0.25) is 0 Å². The molecule has 1 heterocycles. The van der Waals surface area contributed by atoms with Gasteiger partial charge >= 0.3 is 0 Å². The third-order valence-electron chi connectivity index (χ3n) is 0.639. The van der Waals surface area contributed by atoms with Crippen LogP contribution in [0, 0.1) is 0 Å². The molecule has 0 aliphatic rings. The quantitative estimate of drug-likeness (QED) is 0.543. The maximum atomic E-state index is 4.81. The predicted molar refractivity (Wildman–Crippen MR) is 39.6 cm³/mol. The lowest BCUT2D eigenvalue weighted by molar-refractivity contribution is 2.17. The predicted octanol–water partition coefficient (Wildman–Crippen LogP) is 1.51. The van der Waals surface area contributed by atoms with Crippen LogP contribution in [-0.2, 0) is 11.8 Å². The molecular weight excluding hydrogens is 143 g/mol. The largest absolute Gasteiger partial charge is 0.199 e. The van der Waals surface area contributed by atoms with Crippen molar-refractivity contribution in [3.05, 3.63) is 16.8 Å². The zero-order valence-corrected chi connectivity index (χ0v) is 6.18. The summed E-state index contributed by atoms with van der Waals surface area (Å²) >= 11 is 6.51. The Hall–Kier alpha value is 0.220. The monoisotopic (exact) mass is 147 g/mol. The summed E-state index contributed by atoms with van der Waals surface area (Å²) < 4.78 is 0. The van der Waals surface area contributed by atoms with Crippen LogP contribution in [0.1, 0.15) is 0 Å². The molecule has 0 bridgehead atoms. The summed E-state index contributed by atoms with van der Waals surface area (Å²) in [6, 6.07) is 2.07. The summed E-state index contributed by atoms with van der Waals surface area (Å²) in [5.41, 5.74) is 0. The van der Waals surface area contributed by atoms with Gasteiger partial charge < -0.3 is 0 Å². The van der Waals surface area contributed by atoms with E-state index in [9.17, 15) is 0 Å². The smallest absolute Gasteiger partial charge is 0.148 e. The second-order valence-electron chi connectivity index (χ2n) is 1.11. The van der Waals surface area contributed by atoms with E-state index in [0.717, 1.165) is 0 Å². The standard InChI is InChI=1S/C4H3PS2/c6-5-4-1-2-7-3-4/h1-3H/p+1. The molecule has 36 valence electrons. The van der Waals surface area contributed by atoms with E-state index in [1.54, 1.807) is 11.3 Å². The van der Waals surface area contributed by atoms with Gasteiger partial charge in [-0.25, -0.2) is 0 Å². The summed E-state index contributed by atoms with van der Waals surface area (Å²) in [5, 5.41) is 5.43. The van der Waals surface area contributed by atoms with Crippen molar-refractivity contribution in [2.24, 2.45) is 0 Å². The first-order chi connectivity index (χ1) is 3.43. The number of rotatable bonds is 1. The topological polar surface area (TPSA) is 0 Å². The SMILES string of the molecule is S=[PH+]c1ccsc1. The Balaban J connectivity index is 2.96. The van der Waals surface area contributed by atoms with Crippen LogP contribution in [0.4, 0.5) is 0 Å². The van der Waals surface area contributed by atoms with Gasteiger partial charge in [0.1, 0.15) is 0 Å². The fraction of sp³-hybridized carbons (Fsp3) is 0. The fourth-order valence-corrected chi connectivity index (χ4v) is 2.16. The van der Waals surface area contributed by atoms with Crippen LogP contribution in [0.5, 0.6) is 0 Å². The zero-order valence-electron chi connectivity index (χ0n) is 3.55. The van der Waals surface area contributed by atoms with Crippen LogP contribution in [0.3, 0.4) is 0 Å². The summed E-state index contributed by atoms with van der Waals surface area (Å²) in [4.78, 5) is 0. The highest BCUT2D eigenvalue weighted by molar-refractivity contribution is 7.99. The molecule has 7 heavy (non-hydrogen) atoms. The van der Waals surface area contributed by atoms with Gasteiger partial charge in [-0.2, -0.15) is 0 Å². The van der Waals surface area contributed by atoms with Crippen molar-refractivity contribution in [2.45, 2.75) is 0 Å². The minimum Gasteiger partial charge on any atom is -0.148 e. The van der Waals surface area contributed by atoms with E-state index in [0.29, 0.717) is 7.36 Å². The molecule has 0 fully saturated rings. The molecule has 0 N–H and O–H groups in total. The van der Waals surface area contributed by atoms with Crippen molar-refractivity contribution in [3.8, 4) is 0 Å². The van der Waals surface area contributed by atoms with Crippen molar-refractivity contribution in [3.63, 3.8) is 0 Å². The molecule has 0 saturated heterocycles. The molecule has 0 amide bonds. The molecular formula is C4H4PS2+. The summed E-state index contributed by atoms with van der Waals surface area (Å²) in [7, 11) is 0.548. The Kier molecular flexibility index (Phi) is 1.92. The Bertz CT molecular complexity index is 145. The van der Waals surface area contributed by atoms with E-state index >= 15 is 0 Å². The molecule has 3 heteroatoms. The highest BCUT2D eigenvalue weighted by Gasteiger charge is 1.90. The van der Waals surface area contributed by atoms with E-state index in [1.807, 2.05) is 0 Å². The molecule has 1 aromatic rings. The molecule has 0 aliphatic carbocycles. The van der Waals surface area contributed by atoms with E-state index in [4.69, 9.17) is 11.8 Å². The van der Waals surface area contributed by atoms with Crippen molar-refractivity contribution < 1.29 is 0 Å². The van der Waals surface area contributed by atoms with Crippen LogP contribution in [0.15, 0.2) is 16.8 Å². The van der Waals surface area contributed by atoms with Gasteiger partial charge in [-0.1, -0.05) is 0 Å². The number of hydrogen-bond acceptors (Lipinski definition) is 2.